The minimum Gasteiger partial charge on any atom is -0.354 e. The maximum Gasteiger partial charge on any atom is 0.430 e. The third-order valence-corrected chi connectivity index (χ3v) is 6.55. The molecule has 0 aromatic heterocycles. The predicted molar refractivity (Wildman–Crippen MR) is 102 cm³/mol. The fraction of sp³-hybridized carbons (Fsp3) is 0.400. The van der Waals surface area contributed by atoms with Crippen molar-refractivity contribution in [3.63, 3.8) is 0 Å². The van der Waals surface area contributed by atoms with E-state index in [9.17, 15) is 34.8 Å². The number of nitrogens with zero attached hydrogens (tertiary/aromatic N) is 1. The quantitative estimate of drug-likeness (QED) is 0.496. The molecule has 31 heavy (non-hydrogen) atoms. The number of rotatable bonds is 8. The predicted octanol–water partition coefficient (Wildman–Crippen LogP) is 5.25. The second-order valence-corrected chi connectivity index (χ2v) is 8.49. The van der Waals surface area contributed by atoms with Gasteiger partial charge in [0.25, 0.3) is 5.60 Å². The smallest absolute Gasteiger partial charge is 0.354 e. The molecule has 0 spiro atoms. The summed E-state index contributed by atoms with van der Waals surface area (Å²) in [5, 5.41) is 0. The molecular weight excluding hydrogens is 448 g/mol. The number of hydrogen-bond donors (Lipinski definition) is 0. The van der Waals surface area contributed by atoms with Gasteiger partial charge in [0.15, 0.2) is 0 Å². The first kappa shape index (κ1) is 25.2. The zero-order valence-electron chi connectivity index (χ0n) is 16.7. The summed E-state index contributed by atoms with van der Waals surface area (Å²) in [6.45, 7) is 1.61. The van der Waals surface area contributed by atoms with E-state index in [0.717, 1.165) is 23.4 Å². The van der Waals surface area contributed by atoms with E-state index in [1.807, 2.05) is 0 Å². The highest BCUT2D eigenvalue weighted by atomic mass is 32.2. The lowest BCUT2D eigenvalue weighted by Crippen LogP contribution is -2.56. The largest absolute Gasteiger partial charge is 0.430 e. The average Bonchev–Trinajstić information content (AvgIpc) is 2.69. The Bertz CT molecular complexity index is 943. The van der Waals surface area contributed by atoms with Crippen molar-refractivity contribution in [2.45, 2.75) is 43.2 Å². The van der Waals surface area contributed by atoms with Crippen molar-refractivity contribution in [1.29, 1.82) is 0 Å². The molecule has 0 saturated heterocycles. The van der Waals surface area contributed by atoms with Crippen molar-refractivity contribution in [2.75, 3.05) is 13.2 Å². The molecule has 2 aromatic rings. The van der Waals surface area contributed by atoms with Gasteiger partial charge >= 0.3 is 12.4 Å². The van der Waals surface area contributed by atoms with E-state index < -0.39 is 40.1 Å². The van der Waals surface area contributed by atoms with Crippen LogP contribution in [-0.4, -0.2) is 38.2 Å². The number of ether oxygens (including phenoxy) is 1. The topological polar surface area (TPSA) is 46.6 Å². The van der Waals surface area contributed by atoms with Gasteiger partial charge in [0, 0.05) is 25.3 Å². The van der Waals surface area contributed by atoms with Crippen LogP contribution in [0, 0.1) is 0 Å². The SMILES string of the molecule is CCOC(c1ccc(CN(CC)S(=O)(=O)c2ccccc2)cc1)(C(F)(F)F)C(F)(F)F. The zero-order chi connectivity index (χ0) is 23.5. The molecule has 0 saturated carbocycles. The van der Waals surface area contributed by atoms with Crippen LogP contribution in [-0.2, 0) is 26.9 Å². The van der Waals surface area contributed by atoms with Crippen LogP contribution < -0.4 is 0 Å². The van der Waals surface area contributed by atoms with Crippen LogP contribution in [0.15, 0.2) is 59.5 Å². The van der Waals surface area contributed by atoms with Crippen LogP contribution in [0.25, 0.3) is 0 Å². The van der Waals surface area contributed by atoms with Gasteiger partial charge < -0.3 is 4.74 Å². The standard InChI is InChI=1S/C20H21F6NO3S/c1-3-27(31(28,29)17-8-6-5-7-9-17)14-15-10-12-16(13-11-15)18(30-4-2,19(21,22)23)20(24,25)26/h5-13H,3-4,14H2,1-2H3. The van der Waals surface area contributed by atoms with Crippen LogP contribution >= 0.6 is 0 Å². The molecule has 0 aliphatic rings. The van der Waals surface area contributed by atoms with Crippen LogP contribution in [0.2, 0.25) is 0 Å². The van der Waals surface area contributed by atoms with E-state index >= 15 is 0 Å². The molecule has 172 valence electrons. The van der Waals surface area contributed by atoms with Gasteiger partial charge in [-0.2, -0.15) is 30.6 Å². The van der Waals surface area contributed by atoms with Gasteiger partial charge in [-0.1, -0.05) is 49.4 Å². The molecule has 0 unspecified atom stereocenters. The first-order valence-electron chi connectivity index (χ1n) is 9.23. The minimum atomic E-state index is -5.76. The van der Waals surface area contributed by atoms with Gasteiger partial charge in [0.2, 0.25) is 10.0 Å². The maximum atomic E-state index is 13.5. The van der Waals surface area contributed by atoms with E-state index in [-0.39, 0.29) is 23.5 Å². The lowest BCUT2D eigenvalue weighted by atomic mass is 9.91. The molecular formula is C20H21F6NO3S. The van der Waals surface area contributed by atoms with Crippen molar-refractivity contribution < 1.29 is 39.5 Å². The highest BCUT2D eigenvalue weighted by Crippen LogP contribution is 2.52. The van der Waals surface area contributed by atoms with E-state index in [0.29, 0.717) is 12.1 Å². The zero-order valence-corrected chi connectivity index (χ0v) is 17.5. The average molecular weight is 469 g/mol. The van der Waals surface area contributed by atoms with Crippen LogP contribution in [0.1, 0.15) is 25.0 Å². The Kier molecular flexibility index (Phi) is 7.44. The summed E-state index contributed by atoms with van der Waals surface area (Å²) in [4.78, 5) is 0.0259. The Hall–Kier alpha value is -2.11. The molecule has 11 heteroatoms. The van der Waals surface area contributed by atoms with Crippen LogP contribution in [0.3, 0.4) is 0 Å². The molecule has 0 radical (unpaired) electrons. The number of hydrogen-bond acceptors (Lipinski definition) is 3. The molecule has 0 aliphatic heterocycles. The fourth-order valence-electron chi connectivity index (χ4n) is 3.11. The molecule has 4 nitrogen and oxygen atoms in total. The molecule has 0 aliphatic carbocycles. The minimum absolute atomic E-state index is 0.0259. The molecule has 0 heterocycles. The first-order chi connectivity index (χ1) is 14.3. The van der Waals surface area contributed by atoms with Crippen molar-refractivity contribution in [2.24, 2.45) is 0 Å². The molecule has 0 bridgehead atoms. The molecule has 0 N–H and O–H groups in total. The number of sulfonamides is 1. The Morgan fingerprint density at radius 1 is 0.839 bits per heavy atom. The van der Waals surface area contributed by atoms with E-state index in [1.54, 1.807) is 13.0 Å². The van der Waals surface area contributed by atoms with Gasteiger partial charge in [0.1, 0.15) is 0 Å². The van der Waals surface area contributed by atoms with E-state index in [1.165, 1.54) is 24.3 Å². The van der Waals surface area contributed by atoms with Gasteiger partial charge in [-0.3, -0.25) is 0 Å². The second kappa shape index (κ2) is 9.17. The van der Waals surface area contributed by atoms with Crippen molar-refractivity contribution in [3.8, 4) is 0 Å². The van der Waals surface area contributed by atoms with Gasteiger partial charge in [-0.15, -0.1) is 0 Å². The Balaban J connectivity index is 2.41. The lowest BCUT2D eigenvalue weighted by molar-refractivity contribution is -0.388. The highest BCUT2D eigenvalue weighted by molar-refractivity contribution is 7.89. The number of alkyl halides is 6. The molecule has 0 fully saturated rings. The van der Waals surface area contributed by atoms with Gasteiger partial charge in [-0.25, -0.2) is 8.42 Å². The molecule has 0 amide bonds. The van der Waals surface area contributed by atoms with Gasteiger partial charge in [-0.05, 0) is 24.6 Å². The highest BCUT2D eigenvalue weighted by Gasteiger charge is 2.73. The summed E-state index contributed by atoms with van der Waals surface area (Å²) in [5.74, 6) is 0. The molecule has 2 rings (SSSR count). The normalized spacial score (nSPS) is 13.6. The Labute approximate surface area is 176 Å². The Morgan fingerprint density at radius 2 is 1.35 bits per heavy atom. The van der Waals surface area contributed by atoms with Crippen molar-refractivity contribution in [1.82, 2.24) is 4.31 Å². The summed E-state index contributed by atoms with van der Waals surface area (Å²) in [7, 11) is -3.89. The van der Waals surface area contributed by atoms with Crippen molar-refractivity contribution >= 4 is 10.0 Å². The van der Waals surface area contributed by atoms with Gasteiger partial charge in [0.05, 0.1) is 4.90 Å². The maximum absolute atomic E-state index is 13.5. The summed E-state index contributed by atoms with van der Waals surface area (Å²) in [5.41, 5.74) is -5.39. The summed E-state index contributed by atoms with van der Waals surface area (Å²) < 4.78 is 112. The first-order valence-corrected chi connectivity index (χ1v) is 10.7. The molecule has 2 aromatic carbocycles. The summed E-state index contributed by atoms with van der Waals surface area (Å²) >= 11 is 0. The fourth-order valence-corrected chi connectivity index (χ4v) is 4.57. The second-order valence-electron chi connectivity index (χ2n) is 6.55. The summed E-state index contributed by atoms with van der Waals surface area (Å²) in [6.07, 6.45) is -11.5. The lowest BCUT2D eigenvalue weighted by Gasteiger charge is -2.37. The van der Waals surface area contributed by atoms with Crippen molar-refractivity contribution in [3.05, 3.63) is 65.7 Å². The van der Waals surface area contributed by atoms with Crippen LogP contribution in [0.4, 0.5) is 26.3 Å². The number of halogens is 6. The summed E-state index contributed by atoms with van der Waals surface area (Å²) in [6, 6.07) is 10.9. The third kappa shape index (κ3) is 4.88. The third-order valence-electron chi connectivity index (χ3n) is 4.61. The van der Waals surface area contributed by atoms with E-state index in [2.05, 4.69) is 4.74 Å². The van der Waals surface area contributed by atoms with E-state index in [4.69, 9.17) is 0 Å². The Morgan fingerprint density at radius 3 is 1.77 bits per heavy atom. The number of benzene rings is 2. The molecule has 0 atom stereocenters. The van der Waals surface area contributed by atoms with Crippen LogP contribution in [0.5, 0.6) is 0 Å². The monoisotopic (exact) mass is 469 g/mol.